The van der Waals surface area contributed by atoms with Crippen molar-refractivity contribution in [1.82, 2.24) is 19.5 Å². The van der Waals surface area contributed by atoms with Gasteiger partial charge >= 0.3 is 0 Å². The van der Waals surface area contributed by atoms with E-state index >= 15 is 0 Å². The zero-order chi connectivity index (χ0) is 11.5. The van der Waals surface area contributed by atoms with Gasteiger partial charge in [0.05, 0.1) is 19.0 Å². The third-order valence-corrected chi connectivity index (χ3v) is 2.34. The number of aromatic nitrogens is 4. The van der Waals surface area contributed by atoms with Gasteiger partial charge in [0.2, 0.25) is 0 Å². The Morgan fingerprint density at radius 2 is 2.19 bits per heavy atom. The van der Waals surface area contributed by atoms with Gasteiger partial charge in [0.15, 0.2) is 11.5 Å². The summed E-state index contributed by atoms with van der Waals surface area (Å²) in [4.78, 5) is 12.0. The molecule has 2 heterocycles. The van der Waals surface area contributed by atoms with Crippen LogP contribution in [0.15, 0.2) is 12.7 Å². The summed E-state index contributed by atoms with van der Waals surface area (Å²) in [6.07, 6.45) is 2.68. The number of nitrogens with two attached hydrogens (primary N) is 1. The normalized spacial score (nSPS) is 13.1. The summed E-state index contributed by atoms with van der Waals surface area (Å²) in [7, 11) is 0. The number of fused-ring (bicyclic) bond motifs is 1. The van der Waals surface area contributed by atoms with E-state index in [1.54, 1.807) is 10.9 Å². The smallest absolute Gasteiger partial charge is 0.165 e. The predicted molar refractivity (Wildman–Crippen MR) is 57.4 cm³/mol. The van der Waals surface area contributed by atoms with Gasteiger partial charge < -0.3 is 20.5 Å². The second kappa shape index (κ2) is 4.42. The number of hydrogen-bond acceptors (Lipinski definition) is 6. The summed E-state index contributed by atoms with van der Waals surface area (Å²) in [5.41, 5.74) is 6.83. The Hall–Kier alpha value is -1.73. The number of rotatable bonds is 4. The molecule has 0 aliphatic carbocycles. The molecule has 0 saturated heterocycles. The fourth-order valence-corrected chi connectivity index (χ4v) is 1.44. The van der Waals surface area contributed by atoms with Crippen molar-refractivity contribution in [3.8, 4) is 0 Å². The van der Waals surface area contributed by atoms with Crippen LogP contribution in [-0.4, -0.2) is 42.4 Å². The lowest BCUT2D eigenvalue weighted by Gasteiger charge is -2.07. The summed E-state index contributed by atoms with van der Waals surface area (Å²) >= 11 is 0. The van der Waals surface area contributed by atoms with Crippen molar-refractivity contribution < 1.29 is 10.2 Å². The van der Waals surface area contributed by atoms with Gasteiger partial charge in [-0.3, -0.25) is 0 Å². The molecule has 0 aliphatic rings. The van der Waals surface area contributed by atoms with Crippen molar-refractivity contribution >= 4 is 17.0 Å². The number of hydrogen-bond donors (Lipinski definition) is 3. The van der Waals surface area contributed by atoms with Gasteiger partial charge in [-0.1, -0.05) is 0 Å². The third kappa shape index (κ3) is 1.95. The minimum absolute atomic E-state index is 0.246. The summed E-state index contributed by atoms with van der Waals surface area (Å²) in [6.45, 7) is 0.276. The molecule has 0 saturated carbocycles. The van der Waals surface area contributed by atoms with Crippen molar-refractivity contribution in [3.05, 3.63) is 12.7 Å². The van der Waals surface area contributed by atoms with E-state index in [2.05, 4.69) is 15.0 Å². The lowest BCUT2D eigenvalue weighted by molar-refractivity contribution is 0.0848. The van der Waals surface area contributed by atoms with Crippen molar-refractivity contribution in [2.45, 2.75) is 19.1 Å². The SMILES string of the molecule is Nc1ncnc2c1ncn2CC[C@H](O)CO. The first-order valence-corrected chi connectivity index (χ1v) is 4.92. The van der Waals surface area contributed by atoms with Crippen LogP contribution in [0, 0.1) is 0 Å². The molecule has 0 aliphatic heterocycles. The molecule has 2 rings (SSSR count). The van der Waals surface area contributed by atoms with Gasteiger partial charge in [0.1, 0.15) is 11.8 Å². The maximum Gasteiger partial charge on any atom is 0.165 e. The molecule has 86 valence electrons. The van der Waals surface area contributed by atoms with Crippen molar-refractivity contribution in [2.24, 2.45) is 0 Å². The molecule has 4 N–H and O–H groups in total. The molecule has 2 aromatic heterocycles. The number of aryl methyl sites for hydroxylation is 1. The van der Waals surface area contributed by atoms with E-state index in [1.165, 1.54) is 6.33 Å². The van der Waals surface area contributed by atoms with E-state index < -0.39 is 6.10 Å². The van der Waals surface area contributed by atoms with E-state index in [0.29, 0.717) is 29.9 Å². The van der Waals surface area contributed by atoms with Gasteiger partial charge in [-0.15, -0.1) is 0 Å². The first-order valence-electron chi connectivity index (χ1n) is 4.92. The summed E-state index contributed by atoms with van der Waals surface area (Å²) in [6, 6.07) is 0. The molecular formula is C9H13N5O2. The largest absolute Gasteiger partial charge is 0.394 e. The van der Waals surface area contributed by atoms with Crippen molar-refractivity contribution in [2.75, 3.05) is 12.3 Å². The number of nitrogen functional groups attached to an aromatic ring is 1. The number of aliphatic hydroxyl groups is 2. The standard InChI is InChI=1S/C9H13N5O2/c10-8-7-9(12-4-11-8)14(5-13-7)2-1-6(16)3-15/h4-6,15-16H,1-3H2,(H2,10,11,12)/t6-/m0/s1. The lowest BCUT2D eigenvalue weighted by Crippen LogP contribution is -2.14. The molecular weight excluding hydrogens is 210 g/mol. The maximum atomic E-state index is 9.24. The fraction of sp³-hybridized carbons (Fsp3) is 0.444. The molecule has 0 fully saturated rings. The van der Waals surface area contributed by atoms with Crippen LogP contribution in [0.3, 0.4) is 0 Å². The highest BCUT2D eigenvalue weighted by Crippen LogP contribution is 2.14. The minimum Gasteiger partial charge on any atom is -0.394 e. The first-order chi connectivity index (χ1) is 7.72. The average molecular weight is 223 g/mol. The minimum atomic E-state index is -0.725. The zero-order valence-electron chi connectivity index (χ0n) is 8.61. The van der Waals surface area contributed by atoms with Crippen LogP contribution in [0.4, 0.5) is 5.82 Å². The summed E-state index contributed by atoms with van der Waals surface area (Å²) in [5, 5.41) is 17.9. The van der Waals surface area contributed by atoms with E-state index in [9.17, 15) is 5.11 Å². The number of imidazole rings is 1. The Kier molecular flexibility index (Phi) is 2.97. The van der Waals surface area contributed by atoms with Gasteiger partial charge in [0, 0.05) is 6.54 Å². The number of aliphatic hydroxyl groups excluding tert-OH is 2. The quantitative estimate of drug-likeness (QED) is 0.623. The highest BCUT2D eigenvalue weighted by atomic mass is 16.3. The van der Waals surface area contributed by atoms with Crippen LogP contribution in [0.5, 0.6) is 0 Å². The van der Waals surface area contributed by atoms with Crippen LogP contribution in [0.25, 0.3) is 11.2 Å². The van der Waals surface area contributed by atoms with Crippen LogP contribution in [-0.2, 0) is 6.54 Å². The second-order valence-electron chi connectivity index (χ2n) is 3.49. The molecule has 2 aromatic rings. The monoisotopic (exact) mass is 223 g/mol. The first kappa shape index (κ1) is 10.8. The highest BCUT2D eigenvalue weighted by Gasteiger charge is 2.09. The van der Waals surface area contributed by atoms with Gasteiger partial charge in [0.25, 0.3) is 0 Å². The third-order valence-electron chi connectivity index (χ3n) is 2.34. The van der Waals surface area contributed by atoms with Crippen LogP contribution in [0.1, 0.15) is 6.42 Å². The molecule has 0 unspecified atom stereocenters. The Balaban J connectivity index is 2.22. The molecule has 0 aromatic carbocycles. The molecule has 7 nitrogen and oxygen atoms in total. The maximum absolute atomic E-state index is 9.24. The molecule has 0 bridgehead atoms. The van der Waals surface area contributed by atoms with Crippen LogP contribution >= 0.6 is 0 Å². The van der Waals surface area contributed by atoms with Crippen molar-refractivity contribution in [3.63, 3.8) is 0 Å². The van der Waals surface area contributed by atoms with E-state index in [4.69, 9.17) is 10.8 Å². The summed E-state index contributed by atoms with van der Waals surface area (Å²) < 4.78 is 1.77. The fourth-order valence-electron chi connectivity index (χ4n) is 1.44. The molecule has 16 heavy (non-hydrogen) atoms. The van der Waals surface area contributed by atoms with Crippen LogP contribution in [0.2, 0.25) is 0 Å². The Morgan fingerprint density at radius 3 is 2.94 bits per heavy atom. The topological polar surface area (TPSA) is 110 Å². The Morgan fingerprint density at radius 1 is 1.38 bits per heavy atom. The Labute approximate surface area is 91.6 Å². The molecule has 0 spiro atoms. The molecule has 0 radical (unpaired) electrons. The van der Waals surface area contributed by atoms with E-state index in [-0.39, 0.29) is 6.61 Å². The molecule has 7 heteroatoms. The predicted octanol–water partition coefficient (Wildman–Crippen LogP) is -0.848. The average Bonchev–Trinajstić information content (AvgIpc) is 2.70. The lowest BCUT2D eigenvalue weighted by atomic mass is 10.3. The van der Waals surface area contributed by atoms with Crippen molar-refractivity contribution in [1.29, 1.82) is 0 Å². The van der Waals surface area contributed by atoms with E-state index in [0.717, 1.165) is 0 Å². The van der Waals surface area contributed by atoms with Gasteiger partial charge in [-0.25, -0.2) is 15.0 Å². The number of nitrogens with zero attached hydrogens (tertiary/aromatic N) is 4. The molecule has 1 atom stereocenters. The number of anilines is 1. The van der Waals surface area contributed by atoms with Gasteiger partial charge in [-0.05, 0) is 6.42 Å². The van der Waals surface area contributed by atoms with E-state index in [1.807, 2.05) is 0 Å². The Bertz CT molecular complexity index is 484. The highest BCUT2D eigenvalue weighted by molar-refractivity contribution is 5.80. The molecule has 0 amide bonds. The van der Waals surface area contributed by atoms with Gasteiger partial charge in [-0.2, -0.15) is 0 Å². The van der Waals surface area contributed by atoms with Crippen LogP contribution < -0.4 is 5.73 Å². The summed E-state index contributed by atoms with van der Waals surface area (Å²) in [5.74, 6) is 0.339. The zero-order valence-corrected chi connectivity index (χ0v) is 8.61. The second-order valence-corrected chi connectivity index (χ2v) is 3.49.